The van der Waals surface area contributed by atoms with Crippen LogP contribution in [0.5, 0.6) is 0 Å². The second-order valence-electron chi connectivity index (χ2n) is 4.65. The number of rotatable bonds is 3. The molecule has 0 aliphatic carbocycles. The number of benzene rings is 1. The highest BCUT2D eigenvalue weighted by atomic mass is 19.4. The van der Waals surface area contributed by atoms with E-state index in [1.807, 2.05) is 4.90 Å². The molecule has 20 heavy (non-hydrogen) atoms. The maximum absolute atomic E-state index is 12.4. The number of hydrogen-bond acceptors (Lipinski definition) is 3. The number of piperazine rings is 1. The summed E-state index contributed by atoms with van der Waals surface area (Å²) >= 11 is 0. The van der Waals surface area contributed by atoms with Gasteiger partial charge in [-0.3, -0.25) is 9.69 Å². The third-order valence-electron chi connectivity index (χ3n) is 3.07. The summed E-state index contributed by atoms with van der Waals surface area (Å²) in [5.74, 6) is -0.216. The first-order valence-corrected chi connectivity index (χ1v) is 6.35. The van der Waals surface area contributed by atoms with Gasteiger partial charge in [0.15, 0.2) is 0 Å². The molecule has 0 bridgehead atoms. The van der Waals surface area contributed by atoms with E-state index >= 15 is 0 Å². The van der Waals surface area contributed by atoms with Crippen LogP contribution in [0.15, 0.2) is 24.3 Å². The molecule has 2 rings (SSSR count). The van der Waals surface area contributed by atoms with Gasteiger partial charge in [0.05, 0.1) is 12.1 Å². The molecule has 1 heterocycles. The minimum absolute atomic E-state index is 0.216. The van der Waals surface area contributed by atoms with Crippen molar-refractivity contribution in [3.05, 3.63) is 29.8 Å². The number of halogens is 3. The van der Waals surface area contributed by atoms with Crippen LogP contribution in [0, 0.1) is 0 Å². The lowest BCUT2D eigenvalue weighted by Crippen LogP contribution is -2.46. The largest absolute Gasteiger partial charge is 0.416 e. The van der Waals surface area contributed by atoms with Crippen LogP contribution in [0.3, 0.4) is 0 Å². The smallest absolute Gasteiger partial charge is 0.325 e. The van der Waals surface area contributed by atoms with Gasteiger partial charge in [0, 0.05) is 31.9 Å². The van der Waals surface area contributed by atoms with Crippen LogP contribution < -0.4 is 10.6 Å². The highest BCUT2D eigenvalue weighted by molar-refractivity contribution is 5.92. The number of nitrogens with one attached hydrogen (secondary N) is 2. The fourth-order valence-corrected chi connectivity index (χ4v) is 2.02. The predicted molar refractivity (Wildman–Crippen MR) is 69.4 cm³/mol. The molecule has 4 nitrogen and oxygen atoms in total. The summed E-state index contributed by atoms with van der Waals surface area (Å²) in [7, 11) is 0. The van der Waals surface area contributed by atoms with Crippen LogP contribution >= 0.6 is 0 Å². The van der Waals surface area contributed by atoms with Crippen molar-refractivity contribution < 1.29 is 18.0 Å². The molecule has 0 spiro atoms. The van der Waals surface area contributed by atoms with Crippen molar-refractivity contribution in [2.75, 3.05) is 38.0 Å². The summed E-state index contributed by atoms with van der Waals surface area (Å²) in [6.45, 7) is 3.52. The molecule has 1 aromatic rings. The van der Waals surface area contributed by atoms with Crippen LogP contribution in [0.25, 0.3) is 0 Å². The fourth-order valence-electron chi connectivity index (χ4n) is 2.02. The Bertz CT molecular complexity index is 453. The monoisotopic (exact) mass is 287 g/mol. The van der Waals surface area contributed by atoms with Gasteiger partial charge in [-0.05, 0) is 24.3 Å². The van der Waals surface area contributed by atoms with Crippen LogP contribution in [0.1, 0.15) is 5.56 Å². The van der Waals surface area contributed by atoms with E-state index in [9.17, 15) is 18.0 Å². The Morgan fingerprint density at radius 1 is 1.20 bits per heavy atom. The summed E-state index contributed by atoms with van der Waals surface area (Å²) in [6.07, 6.45) is -4.36. The third kappa shape index (κ3) is 4.21. The number of alkyl halides is 3. The Balaban J connectivity index is 1.87. The zero-order chi connectivity index (χ0) is 14.6. The van der Waals surface area contributed by atoms with E-state index in [4.69, 9.17) is 0 Å². The highest BCUT2D eigenvalue weighted by Gasteiger charge is 2.30. The molecule has 1 aromatic carbocycles. The second-order valence-corrected chi connectivity index (χ2v) is 4.65. The van der Waals surface area contributed by atoms with Gasteiger partial charge in [0.25, 0.3) is 0 Å². The van der Waals surface area contributed by atoms with E-state index in [0.717, 1.165) is 38.3 Å². The molecule has 0 atom stereocenters. The maximum atomic E-state index is 12.4. The van der Waals surface area contributed by atoms with Crippen LogP contribution in [-0.4, -0.2) is 43.5 Å². The molecule has 1 aliphatic rings. The Morgan fingerprint density at radius 2 is 1.80 bits per heavy atom. The summed E-state index contributed by atoms with van der Waals surface area (Å²) < 4.78 is 37.2. The van der Waals surface area contributed by atoms with Crippen molar-refractivity contribution in [3.8, 4) is 0 Å². The Hall–Kier alpha value is -1.60. The summed E-state index contributed by atoms with van der Waals surface area (Å²) in [5, 5.41) is 5.78. The van der Waals surface area contributed by atoms with Crippen LogP contribution in [0.2, 0.25) is 0 Å². The first-order chi connectivity index (χ1) is 9.45. The van der Waals surface area contributed by atoms with Crippen molar-refractivity contribution in [1.29, 1.82) is 0 Å². The van der Waals surface area contributed by atoms with E-state index in [1.165, 1.54) is 12.1 Å². The van der Waals surface area contributed by atoms with E-state index in [-0.39, 0.29) is 12.5 Å². The van der Waals surface area contributed by atoms with Gasteiger partial charge < -0.3 is 10.6 Å². The Morgan fingerprint density at radius 3 is 2.35 bits per heavy atom. The Kier molecular flexibility index (Phi) is 4.61. The number of carbonyl (C=O) groups excluding carboxylic acids is 1. The minimum Gasteiger partial charge on any atom is -0.325 e. The topological polar surface area (TPSA) is 44.4 Å². The molecule has 0 saturated carbocycles. The van der Waals surface area contributed by atoms with E-state index < -0.39 is 11.7 Å². The van der Waals surface area contributed by atoms with E-state index in [1.54, 1.807) is 0 Å². The molecular formula is C13H16F3N3O. The van der Waals surface area contributed by atoms with Gasteiger partial charge >= 0.3 is 6.18 Å². The highest BCUT2D eigenvalue weighted by Crippen LogP contribution is 2.29. The SMILES string of the molecule is O=C(CN1CCNCC1)Nc1ccc(C(F)(F)F)cc1. The average Bonchev–Trinajstić information content (AvgIpc) is 2.39. The molecule has 1 amide bonds. The first kappa shape index (κ1) is 14.8. The van der Waals surface area contributed by atoms with Gasteiger partial charge in [-0.1, -0.05) is 0 Å². The van der Waals surface area contributed by atoms with Gasteiger partial charge in [0.1, 0.15) is 0 Å². The van der Waals surface area contributed by atoms with Crippen molar-refractivity contribution in [2.24, 2.45) is 0 Å². The van der Waals surface area contributed by atoms with Crippen molar-refractivity contribution in [1.82, 2.24) is 10.2 Å². The molecule has 0 radical (unpaired) electrons. The first-order valence-electron chi connectivity index (χ1n) is 6.35. The molecule has 1 fully saturated rings. The molecule has 0 aromatic heterocycles. The van der Waals surface area contributed by atoms with Gasteiger partial charge in [-0.15, -0.1) is 0 Å². The quantitative estimate of drug-likeness (QED) is 0.886. The zero-order valence-electron chi connectivity index (χ0n) is 10.8. The molecule has 2 N–H and O–H groups in total. The maximum Gasteiger partial charge on any atom is 0.416 e. The van der Waals surface area contributed by atoms with E-state index in [0.29, 0.717) is 5.69 Å². The zero-order valence-corrected chi connectivity index (χ0v) is 10.8. The summed E-state index contributed by atoms with van der Waals surface area (Å²) in [6, 6.07) is 4.44. The lowest BCUT2D eigenvalue weighted by molar-refractivity contribution is -0.137. The van der Waals surface area contributed by atoms with Gasteiger partial charge in [-0.25, -0.2) is 0 Å². The number of anilines is 1. The minimum atomic E-state index is -4.36. The average molecular weight is 287 g/mol. The normalized spacial score (nSPS) is 16.9. The molecule has 110 valence electrons. The molecular weight excluding hydrogens is 271 g/mol. The van der Waals surface area contributed by atoms with Crippen LogP contribution in [-0.2, 0) is 11.0 Å². The Labute approximate surface area is 114 Å². The lowest BCUT2D eigenvalue weighted by Gasteiger charge is -2.26. The second kappa shape index (κ2) is 6.23. The standard InChI is InChI=1S/C13H16F3N3O/c14-13(15,16)10-1-3-11(4-2-10)18-12(20)9-19-7-5-17-6-8-19/h1-4,17H,5-9H2,(H,18,20). The number of carbonyl (C=O) groups is 1. The molecule has 1 aliphatic heterocycles. The molecule has 0 unspecified atom stereocenters. The number of amides is 1. The molecule has 7 heteroatoms. The fraction of sp³-hybridized carbons (Fsp3) is 0.462. The third-order valence-corrected chi connectivity index (χ3v) is 3.07. The number of hydrogen-bond donors (Lipinski definition) is 2. The van der Waals surface area contributed by atoms with Crippen molar-refractivity contribution in [2.45, 2.75) is 6.18 Å². The molecule has 1 saturated heterocycles. The van der Waals surface area contributed by atoms with Gasteiger partial charge in [0.2, 0.25) is 5.91 Å². The summed E-state index contributed by atoms with van der Waals surface area (Å²) in [5.41, 5.74) is -0.351. The number of nitrogens with zero attached hydrogens (tertiary/aromatic N) is 1. The predicted octanol–water partition coefficient (Wildman–Crippen LogP) is 1.55. The van der Waals surface area contributed by atoms with Crippen molar-refractivity contribution >= 4 is 11.6 Å². The van der Waals surface area contributed by atoms with Crippen molar-refractivity contribution in [3.63, 3.8) is 0 Å². The lowest BCUT2D eigenvalue weighted by atomic mass is 10.2. The van der Waals surface area contributed by atoms with Crippen LogP contribution in [0.4, 0.5) is 18.9 Å². The van der Waals surface area contributed by atoms with E-state index in [2.05, 4.69) is 10.6 Å². The van der Waals surface area contributed by atoms with Gasteiger partial charge in [-0.2, -0.15) is 13.2 Å². The summed E-state index contributed by atoms with van der Waals surface area (Å²) in [4.78, 5) is 13.8.